The Morgan fingerprint density at radius 2 is 1.85 bits per heavy atom. The summed E-state index contributed by atoms with van der Waals surface area (Å²) in [6, 6.07) is 14.3. The van der Waals surface area contributed by atoms with Crippen LogP contribution >= 0.6 is 0 Å². The zero-order chi connectivity index (χ0) is 23.6. The normalized spacial score (nSPS) is 19.2. The number of fused-ring (bicyclic) bond motifs is 1. The molecule has 2 aromatic carbocycles. The number of Topliss-reactive ketones (excluding diaryl/α,β-unsaturated/α-hetero) is 1. The summed E-state index contributed by atoms with van der Waals surface area (Å²) in [6.45, 7) is 4.94. The maximum Gasteiger partial charge on any atom is 0.322 e. The SMILES string of the molecule is COCCNC(=O)N1c2ccccc2NC2=C(C(=O)CC(C)(C)C2)C1c1ccccc1OC. The third-order valence-corrected chi connectivity index (χ3v) is 6.14. The number of ketones is 1. The average molecular weight is 450 g/mol. The summed E-state index contributed by atoms with van der Waals surface area (Å²) >= 11 is 0. The number of benzene rings is 2. The largest absolute Gasteiger partial charge is 0.496 e. The van der Waals surface area contributed by atoms with Gasteiger partial charge >= 0.3 is 6.03 Å². The number of hydrogen-bond donors (Lipinski definition) is 2. The number of allylic oxidation sites excluding steroid dienone is 1. The molecule has 0 saturated heterocycles. The minimum Gasteiger partial charge on any atom is -0.496 e. The van der Waals surface area contributed by atoms with E-state index in [0.29, 0.717) is 43.0 Å². The fourth-order valence-corrected chi connectivity index (χ4v) is 4.74. The number of urea groups is 1. The Kier molecular flexibility index (Phi) is 6.42. The molecule has 4 rings (SSSR count). The van der Waals surface area contributed by atoms with Crippen molar-refractivity contribution in [3.05, 3.63) is 65.4 Å². The number of hydrogen-bond acceptors (Lipinski definition) is 5. The number of nitrogens with one attached hydrogen (secondary N) is 2. The summed E-state index contributed by atoms with van der Waals surface area (Å²) < 4.78 is 10.8. The second-order valence-electron chi connectivity index (χ2n) is 9.21. The maximum atomic E-state index is 13.6. The number of anilines is 2. The molecule has 2 aliphatic rings. The minimum absolute atomic E-state index is 0.0344. The van der Waals surface area contributed by atoms with Gasteiger partial charge in [0.2, 0.25) is 0 Å². The van der Waals surface area contributed by atoms with Crippen LogP contribution in [0.1, 0.15) is 38.3 Å². The monoisotopic (exact) mass is 449 g/mol. The number of amides is 2. The van der Waals surface area contributed by atoms with E-state index in [0.717, 1.165) is 16.9 Å². The first kappa shape index (κ1) is 22.9. The molecular weight excluding hydrogens is 418 g/mol. The molecule has 7 nitrogen and oxygen atoms in total. The topological polar surface area (TPSA) is 79.9 Å². The van der Waals surface area contributed by atoms with Crippen molar-refractivity contribution in [1.29, 1.82) is 0 Å². The summed E-state index contributed by atoms with van der Waals surface area (Å²) in [5, 5.41) is 6.45. The molecule has 2 N–H and O–H groups in total. The van der Waals surface area contributed by atoms with Gasteiger partial charge in [0.15, 0.2) is 5.78 Å². The summed E-state index contributed by atoms with van der Waals surface area (Å²) in [5.74, 6) is 0.660. The van der Waals surface area contributed by atoms with E-state index in [9.17, 15) is 9.59 Å². The third-order valence-electron chi connectivity index (χ3n) is 6.14. The van der Waals surface area contributed by atoms with Crippen molar-refractivity contribution < 1.29 is 19.1 Å². The molecule has 0 fully saturated rings. The van der Waals surface area contributed by atoms with Crippen LogP contribution in [0.5, 0.6) is 5.75 Å². The summed E-state index contributed by atoms with van der Waals surface area (Å²) in [4.78, 5) is 29.0. The predicted molar refractivity (Wildman–Crippen MR) is 129 cm³/mol. The van der Waals surface area contributed by atoms with Crippen molar-refractivity contribution >= 4 is 23.2 Å². The molecule has 1 heterocycles. The standard InChI is InChI=1S/C26H31N3O4/c1-26(2)15-19-23(21(30)16-26)24(17-9-5-8-12-22(17)33-4)29(25(31)27-13-14-32-3)20-11-7-6-10-18(20)28-19/h5-12,24,28H,13-16H2,1-4H3,(H,27,31). The van der Waals surface area contributed by atoms with Crippen molar-refractivity contribution in [2.45, 2.75) is 32.7 Å². The summed E-state index contributed by atoms with van der Waals surface area (Å²) in [5.41, 5.74) is 3.53. The van der Waals surface area contributed by atoms with Gasteiger partial charge in [-0.3, -0.25) is 9.69 Å². The first-order valence-corrected chi connectivity index (χ1v) is 11.2. The molecule has 0 spiro atoms. The molecule has 174 valence electrons. The van der Waals surface area contributed by atoms with Crippen molar-refractivity contribution in [1.82, 2.24) is 5.32 Å². The van der Waals surface area contributed by atoms with Gasteiger partial charge in [0.1, 0.15) is 5.75 Å². The van der Waals surface area contributed by atoms with E-state index in [1.54, 1.807) is 19.1 Å². The Labute approximate surface area is 194 Å². The minimum atomic E-state index is -0.640. The van der Waals surface area contributed by atoms with Gasteiger partial charge in [-0.15, -0.1) is 0 Å². The highest BCUT2D eigenvalue weighted by molar-refractivity contribution is 6.06. The molecule has 0 bridgehead atoms. The highest BCUT2D eigenvalue weighted by Gasteiger charge is 2.44. The predicted octanol–water partition coefficient (Wildman–Crippen LogP) is 4.67. The van der Waals surface area contributed by atoms with E-state index < -0.39 is 6.04 Å². The Hall–Kier alpha value is -3.32. The van der Waals surface area contributed by atoms with Crippen LogP contribution in [0, 0.1) is 5.41 Å². The van der Waals surface area contributed by atoms with Gasteiger partial charge in [-0.25, -0.2) is 4.79 Å². The molecule has 1 unspecified atom stereocenters. The van der Waals surface area contributed by atoms with Crippen LogP contribution in [0.2, 0.25) is 0 Å². The fourth-order valence-electron chi connectivity index (χ4n) is 4.74. The molecule has 0 radical (unpaired) electrons. The summed E-state index contributed by atoms with van der Waals surface area (Å²) in [6.07, 6.45) is 1.11. The smallest absolute Gasteiger partial charge is 0.322 e. The van der Waals surface area contributed by atoms with Crippen LogP contribution in [0.25, 0.3) is 0 Å². The van der Waals surface area contributed by atoms with Crippen LogP contribution in [0.3, 0.4) is 0 Å². The lowest BCUT2D eigenvalue weighted by atomic mass is 9.73. The van der Waals surface area contributed by atoms with E-state index in [1.807, 2.05) is 48.5 Å². The lowest BCUT2D eigenvalue weighted by Crippen LogP contribution is -2.45. The van der Waals surface area contributed by atoms with Crippen LogP contribution in [0.4, 0.5) is 16.2 Å². The van der Waals surface area contributed by atoms with Crippen LogP contribution in [0.15, 0.2) is 59.8 Å². The zero-order valence-electron chi connectivity index (χ0n) is 19.6. The van der Waals surface area contributed by atoms with Crippen LogP contribution < -0.4 is 20.3 Å². The van der Waals surface area contributed by atoms with Crippen molar-refractivity contribution in [2.24, 2.45) is 5.41 Å². The van der Waals surface area contributed by atoms with Gasteiger partial charge in [0.25, 0.3) is 0 Å². The van der Waals surface area contributed by atoms with Gasteiger partial charge in [0.05, 0.1) is 31.1 Å². The van der Waals surface area contributed by atoms with Crippen molar-refractivity contribution in [3.8, 4) is 5.75 Å². The second kappa shape index (κ2) is 9.27. The second-order valence-corrected chi connectivity index (χ2v) is 9.21. The molecule has 1 aliphatic heterocycles. The quantitative estimate of drug-likeness (QED) is 0.649. The fraction of sp³-hybridized carbons (Fsp3) is 0.385. The first-order valence-electron chi connectivity index (χ1n) is 11.2. The van der Waals surface area contributed by atoms with Crippen molar-refractivity contribution in [3.63, 3.8) is 0 Å². The Bertz CT molecular complexity index is 1090. The van der Waals surface area contributed by atoms with Gasteiger partial charge < -0.3 is 20.1 Å². The molecule has 2 amide bonds. The molecule has 2 aromatic rings. The van der Waals surface area contributed by atoms with E-state index in [2.05, 4.69) is 24.5 Å². The number of nitrogens with zero attached hydrogens (tertiary/aromatic N) is 1. The van der Waals surface area contributed by atoms with E-state index in [-0.39, 0.29) is 17.2 Å². The molecule has 1 aliphatic carbocycles. The molecule has 1 atom stereocenters. The van der Waals surface area contributed by atoms with E-state index >= 15 is 0 Å². The number of carbonyl (C=O) groups is 2. The van der Waals surface area contributed by atoms with E-state index in [1.165, 1.54) is 0 Å². The van der Waals surface area contributed by atoms with Gasteiger partial charge in [-0.2, -0.15) is 0 Å². The summed E-state index contributed by atoms with van der Waals surface area (Å²) in [7, 11) is 3.19. The highest BCUT2D eigenvalue weighted by Crippen LogP contribution is 2.49. The molecule has 33 heavy (non-hydrogen) atoms. The molecule has 0 saturated carbocycles. The van der Waals surface area contributed by atoms with Gasteiger partial charge in [-0.05, 0) is 30.0 Å². The van der Waals surface area contributed by atoms with Crippen molar-refractivity contribution in [2.75, 3.05) is 37.6 Å². The lowest BCUT2D eigenvalue weighted by molar-refractivity contribution is -0.118. The molecule has 7 heteroatoms. The molecule has 0 aromatic heterocycles. The van der Waals surface area contributed by atoms with Gasteiger partial charge in [-0.1, -0.05) is 44.2 Å². The Balaban J connectivity index is 1.96. The zero-order valence-corrected chi connectivity index (χ0v) is 19.6. The number of rotatable bonds is 5. The highest BCUT2D eigenvalue weighted by atomic mass is 16.5. The number of ether oxygens (including phenoxy) is 2. The average Bonchev–Trinajstić information content (AvgIpc) is 2.92. The lowest BCUT2D eigenvalue weighted by Gasteiger charge is -2.37. The Morgan fingerprint density at radius 1 is 1.12 bits per heavy atom. The van der Waals surface area contributed by atoms with Crippen LogP contribution in [-0.2, 0) is 9.53 Å². The van der Waals surface area contributed by atoms with Gasteiger partial charge in [0, 0.05) is 36.9 Å². The van der Waals surface area contributed by atoms with E-state index in [4.69, 9.17) is 9.47 Å². The first-order chi connectivity index (χ1) is 15.9. The van der Waals surface area contributed by atoms with Crippen LogP contribution in [-0.4, -0.2) is 39.2 Å². The number of carbonyl (C=O) groups excluding carboxylic acids is 2. The number of para-hydroxylation sites is 3. The molecular formula is C26H31N3O4. The third kappa shape index (κ3) is 4.46. The maximum absolute atomic E-state index is 13.6. The number of methoxy groups -OCH3 is 2. The Morgan fingerprint density at radius 3 is 2.61 bits per heavy atom.